The fourth-order valence-electron chi connectivity index (χ4n) is 4.25. The molecule has 0 saturated heterocycles. The molecule has 31 heavy (non-hydrogen) atoms. The van der Waals surface area contributed by atoms with Crippen molar-refractivity contribution in [1.82, 2.24) is 19.3 Å². The summed E-state index contributed by atoms with van der Waals surface area (Å²) in [6.45, 7) is 6.74. The van der Waals surface area contributed by atoms with Crippen molar-refractivity contribution >= 4 is 37.8 Å². The molecule has 0 unspecified atom stereocenters. The summed E-state index contributed by atoms with van der Waals surface area (Å²) in [6.07, 6.45) is 3.29. The number of aryl methyl sites for hydroxylation is 4. The summed E-state index contributed by atoms with van der Waals surface area (Å²) >= 11 is 0. The van der Waals surface area contributed by atoms with Gasteiger partial charge in [0, 0.05) is 18.5 Å². The fourth-order valence-corrected chi connectivity index (χ4v) is 5.78. The van der Waals surface area contributed by atoms with Crippen LogP contribution in [0.5, 0.6) is 0 Å². The Balaban J connectivity index is 1.44. The summed E-state index contributed by atoms with van der Waals surface area (Å²) in [7, 11) is -3.54. The molecule has 3 N–H and O–H groups in total. The number of benzene rings is 2. The molecule has 0 aliphatic rings. The van der Waals surface area contributed by atoms with E-state index in [-0.39, 0.29) is 0 Å². The van der Waals surface area contributed by atoms with Crippen LogP contribution in [0.2, 0.25) is 0 Å². The molecule has 0 saturated carbocycles. The van der Waals surface area contributed by atoms with Crippen LogP contribution in [0.15, 0.2) is 47.6 Å². The third-order valence-electron chi connectivity index (χ3n) is 5.47. The van der Waals surface area contributed by atoms with Gasteiger partial charge in [0.15, 0.2) is 5.82 Å². The van der Waals surface area contributed by atoms with Crippen molar-refractivity contribution in [3.05, 3.63) is 59.4 Å². The van der Waals surface area contributed by atoms with Crippen molar-refractivity contribution in [2.75, 3.05) is 12.3 Å². The second-order valence-electron chi connectivity index (χ2n) is 7.98. The maximum atomic E-state index is 12.8. The number of para-hydroxylation sites is 1. The summed E-state index contributed by atoms with van der Waals surface area (Å²) in [4.78, 5) is 9.25. The van der Waals surface area contributed by atoms with Crippen LogP contribution in [-0.2, 0) is 16.6 Å². The summed E-state index contributed by atoms with van der Waals surface area (Å²) in [5, 5.41) is 1.01. The first-order valence-electron chi connectivity index (χ1n) is 10.3. The van der Waals surface area contributed by atoms with Crippen molar-refractivity contribution in [2.45, 2.75) is 45.1 Å². The lowest BCUT2D eigenvalue weighted by Gasteiger charge is -2.13. The summed E-state index contributed by atoms with van der Waals surface area (Å²) in [5.41, 5.74) is 11.2. The average Bonchev–Trinajstić information content (AvgIpc) is 3.11. The minimum Gasteiger partial charge on any atom is -0.382 e. The first kappa shape index (κ1) is 21.3. The van der Waals surface area contributed by atoms with Crippen molar-refractivity contribution in [1.29, 1.82) is 0 Å². The second kappa shape index (κ2) is 8.28. The van der Waals surface area contributed by atoms with Crippen molar-refractivity contribution < 1.29 is 8.42 Å². The number of nitrogens with zero attached hydrogens (tertiary/aromatic N) is 3. The Morgan fingerprint density at radius 2 is 1.77 bits per heavy atom. The van der Waals surface area contributed by atoms with Gasteiger partial charge in [0.25, 0.3) is 0 Å². The molecule has 162 valence electrons. The highest BCUT2D eigenvalue weighted by molar-refractivity contribution is 7.89. The number of anilines is 1. The Bertz CT molecular complexity index is 1350. The van der Waals surface area contributed by atoms with Crippen LogP contribution in [-0.4, -0.2) is 29.5 Å². The highest BCUT2D eigenvalue weighted by Crippen LogP contribution is 2.27. The summed E-state index contributed by atoms with van der Waals surface area (Å²) in [5.74, 6) is 0.420. The van der Waals surface area contributed by atoms with Crippen LogP contribution in [0.4, 0.5) is 5.82 Å². The zero-order chi connectivity index (χ0) is 22.2. The smallest absolute Gasteiger partial charge is 0.241 e. The molecule has 2 aromatic carbocycles. The number of unbranched alkanes of at least 4 members (excludes halogenated alkanes) is 1. The predicted molar refractivity (Wildman–Crippen MR) is 125 cm³/mol. The second-order valence-corrected chi connectivity index (χ2v) is 9.69. The van der Waals surface area contributed by atoms with Gasteiger partial charge in [-0.25, -0.2) is 23.1 Å². The Hall–Kier alpha value is -2.97. The van der Waals surface area contributed by atoms with Crippen molar-refractivity contribution in [2.24, 2.45) is 0 Å². The van der Waals surface area contributed by atoms with Gasteiger partial charge in [0.2, 0.25) is 10.0 Å². The first-order chi connectivity index (χ1) is 14.8. The normalized spacial score (nSPS) is 12.1. The maximum Gasteiger partial charge on any atom is 0.241 e. The van der Waals surface area contributed by atoms with E-state index in [0.29, 0.717) is 35.7 Å². The van der Waals surface area contributed by atoms with Gasteiger partial charge in [-0.2, -0.15) is 0 Å². The molecule has 0 fully saturated rings. The molecule has 0 aliphatic carbocycles. The van der Waals surface area contributed by atoms with E-state index < -0.39 is 10.0 Å². The number of nitrogens with one attached hydrogen (secondary N) is 1. The maximum absolute atomic E-state index is 12.8. The van der Waals surface area contributed by atoms with E-state index in [1.165, 1.54) is 0 Å². The van der Waals surface area contributed by atoms with E-state index in [0.717, 1.165) is 39.5 Å². The van der Waals surface area contributed by atoms with E-state index in [2.05, 4.69) is 19.3 Å². The Morgan fingerprint density at radius 1 is 1.06 bits per heavy atom. The molecule has 2 aromatic heterocycles. The van der Waals surface area contributed by atoms with Gasteiger partial charge in [-0.3, -0.25) is 0 Å². The summed E-state index contributed by atoms with van der Waals surface area (Å²) in [6, 6.07) is 11.7. The number of nitrogens with two attached hydrogens (primary N) is 1. The monoisotopic (exact) mass is 437 g/mol. The van der Waals surface area contributed by atoms with Gasteiger partial charge in [-0.05, 0) is 50.8 Å². The molecule has 2 heterocycles. The molecule has 7 nitrogen and oxygen atoms in total. The van der Waals surface area contributed by atoms with Gasteiger partial charge in [0.05, 0.1) is 22.3 Å². The van der Waals surface area contributed by atoms with Gasteiger partial charge < -0.3 is 10.3 Å². The lowest BCUT2D eigenvalue weighted by Crippen LogP contribution is -2.26. The zero-order valence-corrected chi connectivity index (χ0v) is 18.8. The minimum atomic E-state index is -3.54. The number of fused-ring (bicyclic) bond motifs is 3. The molecule has 0 amide bonds. The van der Waals surface area contributed by atoms with Gasteiger partial charge in [-0.1, -0.05) is 35.9 Å². The molecule has 0 atom stereocenters. The van der Waals surface area contributed by atoms with Crippen LogP contribution in [0.25, 0.3) is 21.9 Å². The molecule has 0 radical (unpaired) electrons. The molecular formula is C23H27N5O2S. The van der Waals surface area contributed by atoms with E-state index in [1.54, 1.807) is 6.33 Å². The number of imidazole rings is 1. The lowest BCUT2D eigenvalue weighted by molar-refractivity contribution is 0.567. The van der Waals surface area contributed by atoms with Crippen molar-refractivity contribution in [3.63, 3.8) is 0 Å². The van der Waals surface area contributed by atoms with E-state index >= 15 is 0 Å². The van der Waals surface area contributed by atoms with E-state index in [9.17, 15) is 8.42 Å². The number of aromatic nitrogens is 3. The first-order valence-corrected chi connectivity index (χ1v) is 11.8. The van der Waals surface area contributed by atoms with Crippen LogP contribution in [0.3, 0.4) is 0 Å². The zero-order valence-electron chi connectivity index (χ0n) is 18.0. The topological polar surface area (TPSA) is 103 Å². The number of hydrogen-bond donors (Lipinski definition) is 2. The van der Waals surface area contributed by atoms with Crippen LogP contribution < -0.4 is 10.5 Å². The van der Waals surface area contributed by atoms with E-state index in [1.807, 2.05) is 57.2 Å². The largest absolute Gasteiger partial charge is 0.382 e. The highest BCUT2D eigenvalue weighted by atomic mass is 32.2. The number of rotatable bonds is 7. The molecule has 0 aliphatic heterocycles. The van der Waals surface area contributed by atoms with Crippen molar-refractivity contribution in [3.8, 4) is 0 Å². The molecular weight excluding hydrogens is 410 g/mol. The molecule has 4 rings (SSSR count). The molecule has 0 spiro atoms. The number of sulfonamides is 1. The van der Waals surface area contributed by atoms with Crippen LogP contribution in [0.1, 0.15) is 29.5 Å². The SMILES string of the molecule is Cc1cc(C)c(S(=O)(=O)NCCCCn2cnc3c(N)nc4ccccc4c32)c(C)c1. The standard InChI is InChI=1S/C23H27N5O2S/c1-15-12-16(2)22(17(3)13-15)31(29,30)26-10-6-7-11-28-14-25-20-21(28)18-8-4-5-9-19(18)27-23(20)24/h4-5,8-9,12-14,26H,6-7,10-11H2,1-3H3,(H2,24,27). The number of nitrogen functional groups attached to an aromatic ring is 1. The number of hydrogen-bond acceptors (Lipinski definition) is 5. The average molecular weight is 438 g/mol. The fraction of sp³-hybridized carbons (Fsp3) is 0.304. The van der Waals surface area contributed by atoms with Crippen LogP contribution in [0, 0.1) is 20.8 Å². The third-order valence-corrected chi connectivity index (χ3v) is 7.24. The van der Waals surface area contributed by atoms with Gasteiger partial charge in [-0.15, -0.1) is 0 Å². The quantitative estimate of drug-likeness (QED) is 0.428. The highest BCUT2D eigenvalue weighted by Gasteiger charge is 2.19. The predicted octanol–water partition coefficient (Wildman–Crippen LogP) is 3.85. The Kier molecular flexibility index (Phi) is 5.68. The molecule has 8 heteroatoms. The number of pyridine rings is 1. The minimum absolute atomic E-state index is 0.381. The lowest BCUT2D eigenvalue weighted by atomic mass is 10.1. The van der Waals surface area contributed by atoms with Crippen LogP contribution >= 0.6 is 0 Å². The molecule has 4 aromatic rings. The van der Waals surface area contributed by atoms with Gasteiger partial charge in [0.1, 0.15) is 5.52 Å². The third kappa shape index (κ3) is 4.13. The Morgan fingerprint density at radius 3 is 2.52 bits per heavy atom. The van der Waals surface area contributed by atoms with E-state index in [4.69, 9.17) is 5.73 Å². The summed E-state index contributed by atoms with van der Waals surface area (Å²) < 4.78 is 30.4. The Labute approximate surface area is 182 Å². The van der Waals surface area contributed by atoms with Gasteiger partial charge >= 0.3 is 0 Å². The molecule has 0 bridgehead atoms.